The summed E-state index contributed by atoms with van der Waals surface area (Å²) in [5, 5.41) is 0.312. The molecule has 1 aromatic rings. The van der Waals surface area contributed by atoms with Gasteiger partial charge in [-0.3, -0.25) is 0 Å². The number of nitrogen functional groups attached to an aromatic ring is 1. The molecule has 0 bridgehead atoms. The van der Waals surface area contributed by atoms with Crippen molar-refractivity contribution in [3.8, 4) is 0 Å². The predicted molar refractivity (Wildman–Crippen MR) is 85.6 cm³/mol. The van der Waals surface area contributed by atoms with E-state index >= 15 is 0 Å². The highest BCUT2D eigenvalue weighted by Gasteiger charge is 2.24. The van der Waals surface area contributed by atoms with Gasteiger partial charge in [0.05, 0.1) is 10.6 Å². The molecule has 0 spiro atoms. The Morgan fingerprint density at radius 2 is 2.14 bits per heavy atom. The summed E-state index contributed by atoms with van der Waals surface area (Å²) in [7, 11) is -3.67. The topological polar surface area (TPSA) is 72.2 Å². The predicted octanol–water partition coefficient (Wildman–Crippen LogP) is 2.59. The van der Waals surface area contributed by atoms with Gasteiger partial charge in [0.25, 0.3) is 0 Å². The lowest BCUT2D eigenvalue weighted by molar-refractivity contribution is 0.571. The van der Waals surface area contributed by atoms with Crippen LogP contribution in [0.4, 0.5) is 10.1 Å². The SMILES string of the molecule is Cc1cc(F)c(N)c(C)c1S(=O)(=O)NCC1CCCCS1. The number of halogens is 1. The third-order valence-electron chi connectivity index (χ3n) is 3.75. The molecular weight excluding hydrogens is 311 g/mol. The van der Waals surface area contributed by atoms with Crippen molar-refractivity contribution in [2.45, 2.75) is 43.3 Å². The summed E-state index contributed by atoms with van der Waals surface area (Å²) in [6.07, 6.45) is 3.36. The summed E-state index contributed by atoms with van der Waals surface area (Å²) in [6.45, 7) is 3.53. The van der Waals surface area contributed by atoms with Crippen molar-refractivity contribution in [1.82, 2.24) is 4.72 Å². The molecule has 21 heavy (non-hydrogen) atoms. The zero-order valence-electron chi connectivity index (χ0n) is 12.3. The highest BCUT2D eigenvalue weighted by atomic mass is 32.2. The third-order valence-corrected chi connectivity index (χ3v) is 6.86. The normalized spacial score (nSPS) is 19.7. The van der Waals surface area contributed by atoms with Crippen LogP contribution in [0.1, 0.15) is 30.4 Å². The van der Waals surface area contributed by atoms with Gasteiger partial charge in [-0.2, -0.15) is 11.8 Å². The van der Waals surface area contributed by atoms with E-state index in [1.807, 2.05) is 0 Å². The minimum absolute atomic E-state index is 0.0993. The molecule has 1 unspecified atom stereocenters. The molecule has 1 atom stereocenters. The first-order chi connectivity index (χ1) is 9.83. The first kappa shape index (κ1) is 16.6. The van der Waals surface area contributed by atoms with Gasteiger partial charge in [-0.1, -0.05) is 6.42 Å². The molecule has 0 aliphatic carbocycles. The molecule has 1 aliphatic rings. The summed E-state index contributed by atoms with van der Waals surface area (Å²) in [4.78, 5) is 0.0993. The van der Waals surface area contributed by atoms with Gasteiger partial charge in [-0.15, -0.1) is 0 Å². The molecule has 0 aromatic heterocycles. The maximum atomic E-state index is 13.5. The monoisotopic (exact) mass is 332 g/mol. The lowest BCUT2D eigenvalue weighted by atomic mass is 10.1. The molecule has 7 heteroatoms. The molecule has 1 saturated heterocycles. The number of nitrogens with one attached hydrogen (secondary N) is 1. The Morgan fingerprint density at radius 3 is 2.76 bits per heavy atom. The summed E-state index contributed by atoms with van der Waals surface area (Å²) in [5.41, 5.74) is 6.16. The first-order valence-electron chi connectivity index (χ1n) is 6.99. The lowest BCUT2D eigenvalue weighted by Gasteiger charge is -2.22. The number of sulfonamides is 1. The second kappa shape index (κ2) is 6.54. The smallest absolute Gasteiger partial charge is 0.241 e. The summed E-state index contributed by atoms with van der Waals surface area (Å²) in [5.74, 6) is 0.500. The number of anilines is 1. The zero-order chi connectivity index (χ0) is 15.6. The van der Waals surface area contributed by atoms with Gasteiger partial charge in [0.1, 0.15) is 5.82 Å². The van der Waals surface area contributed by atoms with Crippen molar-refractivity contribution in [3.63, 3.8) is 0 Å². The molecule has 1 aliphatic heterocycles. The van der Waals surface area contributed by atoms with Crippen LogP contribution >= 0.6 is 11.8 Å². The Kier molecular flexibility index (Phi) is 5.16. The third kappa shape index (κ3) is 3.70. The number of rotatable bonds is 4. The van der Waals surface area contributed by atoms with Crippen molar-refractivity contribution in [3.05, 3.63) is 23.0 Å². The Morgan fingerprint density at radius 1 is 1.43 bits per heavy atom. The fourth-order valence-electron chi connectivity index (χ4n) is 2.59. The van der Waals surface area contributed by atoms with Crippen LogP contribution in [0, 0.1) is 19.7 Å². The van der Waals surface area contributed by atoms with Gasteiger partial charge in [-0.25, -0.2) is 17.5 Å². The highest BCUT2D eigenvalue weighted by Crippen LogP contribution is 2.28. The van der Waals surface area contributed by atoms with Crippen molar-refractivity contribution in [2.24, 2.45) is 0 Å². The zero-order valence-corrected chi connectivity index (χ0v) is 13.9. The van der Waals surface area contributed by atoms with Gasteiger partial charge in [0, 0.05) is 11.8 Å². The van der Waals surface area contributed by atoms with Crippen LogP contribution in [0.25, 0.3) is 0 Å². The van der Waals surface area contributed by atoms with Gasteiger partial charge < -0.3 is 5.73 Å². The van der Waals surface area contributed by atoms with E-state index in [1.165, 1.54) is 19.4 Å². The number of nitrogens with two attached hydrogens (primary N) is 1. The average Bonchev–Trinajstić information content (AvgIpc) is 2.44. The maximum Gasteiger partial charge on any atom is 0.241 e. The molecule has 1 aromatic carbocycles. The van der Waals surface area contributed by atoms with Crippen LogP contribution in [0.5, 0.6) is 0 Å². The number of hydrogen-bond donors (Lipinski definition) is 2. The van der Waals surface area contributed by atoms with E-state index in [2.05, 4.69) is 4.72 Å². The Bertz CT molecular complexity index is 626. The van der Waals surface area contributed by atoms with Crippen molar-refractivity contribution < 1.29 is 12.8 Å². The van der Waals surface area contributed by atoms with E-state index in [-0.39, 0.29) is 16.1 Å². The molecule has 0 amide bonds. The molecule has 4 nitrogen and oxygen atoms in total. The van der Waals surface area contributed by atoms with E-state index in [9.17, 15) is 12.8 Å². The van der Waals surface area contributed by atoms with Gasteiger partial charge in [-0.05, 0) is 49.6 Å². The van der Waals surface area contributed by atoms with Gasteiger partial charge in [0.15, 0.2) is 0 Å². The van der Waals surface area contributed by atoms with Gasteiger partial charge >= 0.3 is 0 Å². The van der Waals surface area contributed by atoms with E-state index in [0.29, 0.717) is 17.4 Å². The summed E-state index contributed by atoms with van der Waals surface area (Å²) in [6, 6.07) is 1.17. The fourth-order valence-corrected chi connectivity index (χ4v) is 5.49. The van der Waals surface area contributed by atoms with Crippen molar-refractivity contribution in [2.75, 3.05) is 18.0 Å². The highest BCUT2D eigenvalue weighted by molar-refractivity contribution is 8.00. The van der Waals surface area contributed by atoms with E-state index in [1.54, 1.807) is 18.7 Å². The quantitative estimate of drug-likeness (QED) is 0.831. The Labute approximate surface area is 129 Å². The molecule has 1 heterocycles. The fraction of sp³-hybridized carbons (Fsp3) is 0.571. The molecule has 3 N–H and O–H groups in total. The van der Waals surface area contributed by atoms with Gasteiger partial charge in [0.2, 0.25) is 10.0 Å². The molecule has 2 rings (SSSR count). The summed E-state index contributed by atoms with van der Waals surface area (Å²) < 4.78 is 41.2. The molecule has 0 saturated carbocycles. The van der Waals surface area contributed by atoms with Crippen molar-refractivity contribution >= 4 is 27.5 Å². The number of hydrogen-bond acceptors (Lipinski definition) is 4. The van der Waals surface area contributed by atoms with E-state index < -0.39 is 15.8 Å². The molecule has 0 radical (unpaired) electrons. The van der Waals surface area contributed by atoms with E-state index in [4.69, 9.17) is 5.73 Å². The first-order valence-corrected chi connectivity index (χ1v) is 9.52. The maximum absolute atomic E-state index is 13.5. The molecular formula is C14H21FN2O2S2. The van der Waals surface area contributed by atoms with Crippen LogP contribution in [0.3, 0.4) is 0 Å². The largest absolute Gasteiger partial charge is 0.396 e. The van der Waals surface area contributed by atoms with Crippen molar-refractivity contribution in [1.29, 1.82) is 0 Å². The average molecular weight is 332 g/mol. The van der Waals surface area contributed by atoms with E-state index in [0.717, 1.165) is 18.6 Å². The number of benzene rings is 1. The standard InChI is InChI=1S/C14H21FN2O2S2/c1-9-7-12(15)13(16)10(2)14(9)21(18,19)17-8-11-5-3-4-6-20-11/h7,11,17H,3-6,8,16H2,1-2H3. The minimum Gasteiger partial charge on any atom is -0.396 e. The Balaban J connectivity index is 2.21. The Hall–Kier alpha value is -0.790. The van der Waals surface area contributed by atoms with Crippen LogP contribution < -0.4 is 10.5 Å². The van der Waals surface area contributed by atoms with Crippen LogP contribution in [-0.2, 0) is 10.0 Å². The lowest BCUT2D eigenvalue weighted by Crippen LogP contribution is -2.33. The second-order valence-electron chi connectivity index (χ2n) is 5.38. The molecule has 118 valence electrons. The molecule has 1 fully saturated rings. The second-order valence-corrected chi connectivity index (χ2v) is 8.50. The minimum atomic E-state index is -3.67. The van der Waals surface area contributed by atoms with Crippen LogP contribution in [0.15, 0.2) is 11.0 Å². The summed E-state index contributed by atoms with van der Waals surface area (Å²) >= 11 is 1.80. The van der Waals surface area contributed by atoms with Crippen LogP contribution in [0.2, 0.25) is 0 Å². The number of aryl methyl sites for hydroxylation is 1. The van der Waals surface area contributed by atoms with Crippen LogP contribution in [-0.4, -0.2) is 26.0 Å². The number of thioether (sulfide) groups is 1.